The first kappa shape index (κ1) is 17.1. The van der Waals surface area contributed by atoms with Crippen LogP contribution in [-0.4, -0.2) is 37.1 Å². The average Bonchev–Trinajstić information content (AvgIpc) is 2.82. The van der Waals surface area contributed by atoms with E-state index in [9.17, 15) is 14.7 Å². The molecule has 1 unspecified atom stereocenters. The molecule has 0 aromatic heterocycles. The Morgan fingerprint density at radius 2 is 1.92 bits per heavy atom. The largest absolute Gasteiger partial charge is 0.486 e. The zero-order valence-electron chi connectivity index (χ0n) is 14.0. The Bertz CT molecular complexity index is 928. The van der Waals surface area contributed by atoms with E-state index in [1.54, 1.807) is 43.4 Å². The third kappa shape index (κ3) is 2.59. The quantitative estimate of drug-likeness (QED) is 0.776. The zero-order chi connectivity index (χ0) is 18.5. The van der Waals surface area contributed by atoms with E-state index in [-0.39, 0.29) is 12.2 Å². The van der Waals surface area contributed by atoms with Crippen molar-refractivity contribution in [3.8, 4) is 11.5 Å². The van der Waals surface area contributed by atoms with Gasteiger partial charge in [-0.15, -0.1) is 0 Å². The molecular weight excluding hydrogens is 402 g/mol. The summed E-state index contributed by atoms with van der Waals surface area (Å²) in [6.07, 6.45) is -0.348. The molecule has 4 rings (SSSR count). The van der Waals surface area contributed by atoms with Gasteiger partial charge in [-0.2, -0.15) is 0 Å². The molecule has 2 heterocycles. The SMILES string of the molecule is CN1C(=O)C(O)(CC(=O)c2ccc3c(c2)OCCO3)c2cc(Br)ccc21. The molecule has 1 atom stereocenters. The van der Waals surface area contributed by atoms with Gasteiger partial charge in [-0.05, 0) is 36.4 Å². The van der Waals surface area contributed by atoms with Crippen LogP contribution in [0.3, 0.4) is 0 Å². The number of rotatable bonds is 3. The first-order valence-electron chi connectivity index (χ1n) is 8.13. The maximum atomic E-state index is 12.8. The summed E-state index contributed by atoms with van der Waals surface area (Å²) in [7, 11) is 1.58. The van der Waals surface area contributed by atoms with Crippen molar-refractivity contribution in [1.29, 1.82) is 0 Å². The molecule has 6 nitrogen and oxygen atoms in total. The van der Waals surface area contributed by atoms with E-state index < -0.39 is 11.5 Å². The van der Waals surface area contributed by atoms with Gasteiger partial charge in [0.05, 0.1) is 12.1 Å². The molecule has 2 aliphatic heterocycles. The Balaban J connectivity index is 1.67. The number of hydrogen-bond donors (Lipinski definition) is 1. The molecule has 0 saturated heterocycles. The van der Waals surface area contributed by atoms with E-state index in [1.165, 1.54) is 4.90 Å². The second kappa shape index (κ2) is 6.10. The van der Waals surface area contributed by atoms with Crippen LogP contribution < -0.4 is 14.4 Å². The molecule has 1 amide bonds. The topological polar surface area (TPSA) is 76.1 Å². The van der Waals surface area contributed by atoms with Crippen molar-refractivity contribution in [3.05, 3.63) is 52.0 Å². The first-order chi connectivity index (χ1) is 12.4. The number of hydrogen-bond acceptors (Lipinski definition) is 5. The smallest absolute Gasteiger partial charge is 0.263 e. The number of nitrogens with zero attached hydrogens (tertiary/aromatic N) is 1. The van der Waals surface area contributed by atoms with E-state index in [0.29, 0.717) is 41.5 Å². The molecule has 0 fully saturated rings. The van der Waals surface area contributed by atoms with Crippen LogP contribution in [-0.2, 0) is 10.4 Å². The van der Waals surface area contributed by atoms with Gasteiger partial charge in [0.2, 0.25) is 0 Å². The van der Waals surface area contributed by atoms with Crippen LogP contribution in [0.4, 0.5) is 5.69 Å². The molecule has 0 spiro atoms. The maximum absolute atomic E-state index is 12.8. The predicted octanol–water partition coefficient (Wildman–Crippen LogP) is 2.66. The number of ether oxygens (including phenoxy) is 2. The summed E-state index contributed by atoms with van der Waals surface area (Å²) < 4.78 is 11.7. The van der Waals surface area contributed by atoms with Crippen molar-refractivity contribution in [2.45, 2.75) is 12.0 Å². The minimum Gasteiger partial charge on any atom is -0.486 e. The second-order valence-electron chi connectivity index (χ2n) is 6.34. The van der Waals surface area contributed by atoms with Crippen molar-refractivity contribution in [1.82, 2.24) is 0 Å². The maximum Gasteiger partial charge on any atom is 0.263 e. The van der Waals surface area contributed by atoms with Crippen LogP contribution in [0.25, 0.3) is 0 Å². The monoisotopic (exact) mass is 417 g/mol. The standard InChI is InChI=1S/C19H16BrNO5/c1-21-14-4-3-12(20)9-13(14)19(24,18(21)23)10-15(22)11-2-5-16-17(8-11)26-7-6-25-16/h2-5,8-9,24H,6-7,10H2,1H3. The number of carbonyl (C=O) groups excluding carboxylic acids is 2. The number of amides is 1. The summed E-state index contributed by atoms with van der Waals surface area (Å²) in [5, 5.41) is 11.1. The molecule has 1 N–H and O–H groups in total. The Kier molecular flexibility index (Phi) is 4.00. The molecule has 0 bridgehead atoms. The summed E-state index contributed by atoms with van der Waals surface area (Å²) in [4.78, 5) is 26.8. The van der Waals surface area contributed by atoms with E-state index >= 15 is 0 Å². The lowest BCUT2D eigenvalue weighted by atomic mass is 9.88. The lowest BCUT2D eigenvalue weighted by molar-refractivity contribution is -0.135. The van der Waals surface area contributed by atoms with Gasteiger partial charge in [0, 0.05) is 22.6 Å². The highest BCUT2D eigenvalue weighted by atomic mass is 79.9. The molecule has 0 radical (unpaired) electrons. The fraction of sp³-hybridized carbons (Fsp3) is 0.263. The second-order valence-corrected chi connectivity index (χ2v) is 7.26. The van der Waals surface area contributed by atoms with E-state index in [4.69, 9.17) is 9.47 Å². The normalized spacial score (nSPS) is 20.9. The van der Waals surface area contributed by atoms with Crippen LogP contribution in [0.1, 0.15) is 22.3 Å². The summed E-state index contributed by atoms with van der Waals surface area (Å²) in [5.74, 6) is 0.208. The molecule has 2 aromatic rings. The van der Waals surface area contributed by atoms with Crippen molar-refractivity contribution in [2.24, 2.45) is 0 Å². The van der Waals surface area contributed by atoms with Gasteiger partial charge < -0.3 is 19.5 Å². The van der Waals surface area contributed by atoms with Crippen LogP contribution >= 0.6 is 15.9 Å². The average molecular weight is 418 g/mol. The molecule has 7 heteroatoms. The van der Waals surface area contributed by atoms with Gasteiger partial charge in [-0.3, -0.25) is 9.59 Å². The van der Waals surface area contributed by atoms with Crippen LogP contribution in [0, 0.1) is 0 Å². The van der Waals surface area contributed by atoms with Gasteiger partial charge in [0.1, 0.15) is 13.2 Å². The minimum atomic E-state index is -1.89. The van der Waals surface area contributed by atoms with Gasteiger partial charge in [-0.1, -0.05) is 15.9 Å². The molecule has 134 valence electrons. The van der Waals surface area contributed by atoms with Gasteiger partial charge in [0.25, 0.3) is 5.91 Å². The number of likely N-dealkylation sites (N-methyl/N-ethyl adjacent to an activating group) is 1. The van der Waals surface area contributed by atoms with Gasteiger partial charge in [-0.25, -0.2) is 0 Å². The minimum absolute atomic E-state index is 0.348. The summed E-state index contributed by atoms with van der Waals surface area (Å²) in [6.45, 7) is 0.881. The van der Waals surface area contributed by atoms with Crippen LogP contribution in [0.5, 0.6) is 11.5 Å². The fourth-order valence-corrected chi connectivity index (χ4v) is 3.72. The number of Topliss-reactive ketones (excluding diaryl/α,β-unsaturated/α-hetero) is 1. The van der Waals surface area contributed by atoms with Crippen molar-refractivity contribution in [2.75, 3.05) is 25.2 Å². The van der Waals surface area contributed by atoms with E-state index in [0.717, 1.165) is 4.47 Å². The lowest BCUT2D eigenvalue weighted by Crippen LogP contribution is -2.40. The van der Waals surface area contributed by atoms with Crippen LogP contribution in [0.2, 0.25) is 0 Å². The Hall–Kier alpha value is -2.38. The number of carbonyl (C=O) groups is 2. The Labute approximate surface area is 158 Å². The molecule has 2 aliphatic rings. The molecule has 2 aromatic carbocycles. The summed E-state index contributed by atoms with van der Waals surface area (Å²) >= 11 is 3.35. The number of benzene rings is 2. The molecular formula is C19H16BrNO5. The number of fused-ring (bicyclic) bond motifs is 2. The van der Waals surface area contributed by atoms with Crippen LogP contribution in [0.15, 0.2) is 40.9 Å². The Morgan fingerprint density at radius 3 is 2.69 bits per heavy atom. The predicted molar refractivity (Wildman–Crippen MR) is 97.8 cm³/mol. The highest BCUT2D eigenvalue weighted by molar-refractivity contribution is 9.10. The molecule has 26 heavy (non-hydrogen) atoms. The van der Waals surface area contributed by atoms with E-state index in [2.05, 4.69) is 15.9 Å². The number of ketones is 1. The van der Waals surface area contributed by atoms with Crippen molar-refractivity contribution >= 4 is 33.3 Å². The van der Waals surface area contributed by atoms with E-state index in [1.807, 2.05) is 0 Å². The summed E-state index contributed by atoms with van der Waals surface area (Å²) in [6, 6.07) is 10.1. The molecule has 0 aliphatic carbocycles. The van der Waals surface area contributed by atoms with Crippen molar-refractivity contribution in [3.63, 3.8) is 0 Å². The fourth-order valence-electron chi connectivity index (χ4n) is 3.36. The highest BCUT2D eigenvalue weighted by Gasteiger charge is 2.49. The Morgan fingerprint density at radius 1 is 1.19 bits per heavy atom. The zero-order valence-corrected chi connectivity index (χ0v) is 15.6. The molecule has 0 saturated carbocycles. The highest BCUT2D eigenvalue weighted by Crippen LogP contribution is 2.43. The number of halogens is 1. The first-order valence-corrected chi connectivity index (χ1v) is 8.93. The number of anilines is 1. The number of aliphatic hydroxyl groups is 1. The third-order valence-corrected chi connectivity index (χ3v) is 5.20. The summed E-state index contributed by atoms with van der Waals surface area (Å²) in [5.41, 5.74) is -0.513. The van der Waals surface area contributed by atoms with Crippen molar-refractivity contribution < 1.29 is 24.2 Å². The lowest BCUT2D eigenvalue weighted by Gasteiger charge is -2.22. The third-order valence-electron chi connectivity index (χ3n) is 4.70. The van der Waals surface area contributed by atoms with Gasteiger partial charge in [0.15, 0.2) is 22.9 Å². The van der Waals surface area contributed by atoms with Gasteiger partial charge >= 0.3 is 0 Å².